The SMILES string of the molecule is CCCCCCCCOCOCCC=CCCCCCCCCCCCl. The Balaban J connectivity index is 3.04. The maximum atomic E-state index is 5.68. The van der Waals surface area contributed by atoms with Crippen LogP contribution in [0.4, 0.5) is 0 Å². The predicted octanol–water partition coefficient (Wildman–Crippen LogP) is 8.03. The topological polar surface area (TPSA) is 18.5 Å². The van der Waals surface area contributed by atoms with Gasteiger partial charge >= 0.3 is 0 Å². The molecule has 0 saturated carbocycles. The second-order valence-corrected chi connectivity index (χ2v) is 7.65. The standard InChI is InChI=1S/C23H45ClO2/c1-2-3-4-5-15-18-21-25-23-26-22-19-16-13-11-9-7-6-8-10-12-14-17-20-24/h13,16H,2-12,14-15,17-23H2,1H3. The van der Waals surface area contributed by atoms with Crippen molar-refractivity contribution in [1.29, 1.82) is 0 Å². The van der Waals surface area contributed by atoms with Gasteiger partial charge in [-0.1, -0.05) is 89.7 Å². The normalized spacial score (nSPS) is 11.6. The molecule has 0 aromatic carbocycles. The lowest BCUT2D eigenvalue weighted by atomic mass is 10.1. The van der Waals surface area contributed by atoms with Crippen LogP contribution in [0.3, 0.4) is 0 Å². The van der Waals surface area contributed by atoms with E-state index < -0.39 is 0 Å². The summed E-state index contributed by atoms with van der Waals surface area (Å²) in [6, 6.07) is 0. The Morgan fingerprint density at radius 3 is 1.81 bits per heavy atom. The third kappa shape index (κ3) is 23.9. The number of ether oxygens (including phenoxy) is 2. The van der Waals surface area contributed by atoms with E-state index in [-0.39, 0.29) is 0 Å². The Bertz CT molecular complexity index is 269. The van der Waals surface area contributed by atoms with Gasteiger partial charge in [-0.05, 0) is 32.1 Å². The zero-order valence-corrected chi connectivity index (χ0v) is 18.2. The van der Waals surface area contributed by atoms with Crippen LogP contribution in [0.2, 0.25) is 0 Å². The lowest BCUT2D eigenvalue weighted by Crippen LogP contribution is -2.02. The van der Waals surface area contributed by atoms with Gasteiger partial charge in [-0.15, -0.1) is 11.6 Å². The fourth-order valence-corrected chi connectivity index (χ4v) is 3.15. The molecule has 0 atom stereocenters. The van der Waals surface area contributed by atoms with Crippen molar-refractivity contribution in [2.45, 2.75) is 110 Å². The highest BCUT2D eigenvalue weighted by Crippen LogP contribution is 2.10. The van der Waals surface area contributed by atoms with Crippen LogP contribution in [0.25, 0.3) is 0 Å². The van der Waals surface area contributed by atoms with Crippen LogP contribution < -0.4 is 0 Å². The Hall–Kier alpha value is -0.0500. The van der Waals surface area contributed by atoms with Crippen LogP contribution in [0.5, 0.6) is 0 Å². The van der Waals surface area contributed by atoms with Gasteiger partial charge in [0.05, 0.1) is 6.61 Å². The second kappa shape index (κ2) is 24.9. The molecule has 0 aliphatic rings. The summed E-state index contributed by atoms with van der Waals surface area (Å²) in [5.74, 6) is 0.823. The molecule has 0 aromatic heterocycles. The van der Waals surface area contributed by atoms with Crippen molar-refractivity contribution in [2.24, 2.45) is 0 Å². The monoisotopic (exact) mass is 388 g/mol. The van der Waals surface area contributed by atoms with Crippen LogP contribution in [0.15, 0.2) is 12.2 Å². The fraction of sp³-hybridized carbons (Fsp3) is 0.913. The van der Waals surface area contributed by atoms with Crippen molar-refractivity contribution in [3.63, 3.8) is 0 Å². The molecule has 0 heterocycles. The minimum Gasteiger partial charge on any atom is -0.355 e. The zero-order valence-electron chi connectivity index (χ0n) is 17.5. The quantitative estimate of drug-likeness (QED) is 0.0808. The third-order valence-electron chi connectivity index (χ3n) is 4.66. The average molecular weight is 389 g/mol. The molecule has 0 rings (SSSR count). The highest BCUT2D eigenvalue weighted by atomic mass is 35.5. The molecule has 0 fully saturated rings. The second-order valence-electron chi connectivity index (χ2n) is 7.27. The largest absolute Gasteiger partial charge is 0.355 e. The van der Waals surface area contributed by atoms with Gasteiger partial charge in [-0.2, -0.15) is 0 Å². The van der Waals surface area contributed by atoms with E-state index in [0.29, 0.717) is 6.79 Å². The lowest BCUT2D eigenvalue weighted by Gasteiger charge is -2.04. The number of alkyl halides is 1. The smallest absolute Gasteiger partial charge is 0.146 e. The number of allylic oxidation sites excluding steroid dienone is 1. The van der Waals surface area contributed by atoms with Crippen molar-refractivity contribution in [2.75, 3.05) is 25.9 Å². The van der Waals surface area contributed by atoms with E-state index in [1.807, 2.05) is 0 Å². The summed E-state index contributed by atoms with van der Waals surface area (Å²) in [6.07, 6.45) is 25.3. The first-order valence-electron chi connectivity index (χ1n) is 11.3. The van der Waals surface area contributed by atoms with E-state index in [1.54, 1.807) is 0 Å². The van der Waals surface area contributed by atoms with Crippen LogP contribution in [0, 0.1) is 0 Å². The molecule has 3 heteroatoms. The molecule has 26 heavy (non-hydrogen) atoms. The molecular formula is C23H45ClO2. The van der Waals surface area contributed by atoms with Crippen molar-refractivity contribution in [1.82, 2.24) is 0 Å². The molecular weight excluding hydrogens is 344 g/mol. The van der Waals surface area contributed by atoms with E-state index in [9.17, 15) is 0 Å². The summed E-state index contributed by atoms with van der Waals surface area (Å²) < 4.78 is 11.0. The Morgan fingerprint density at radius 2 is 1.12 bits per heavy atom. The summed E-state index contributed by atoms with van der Waals surface area (Å²) in [7, 11) is 0. The molecule has 0 amide bonds. The first-order chi connectivity index (χ1) is 12.9. The van der Waals surface area contributed by atoms with Gasteiger partial charge in [0.15, 0.2) is 0 Å². The van der Waals surface area contributed by atoms with Crippen molar-refractivity contribution in [3.05, 3.63) is 12.2 Å². The highest BCUT2D eigenvalue weighted by molar-refractivity contribution is 6.17. The molecule has 0 aromatic rings. The number of hydrogen-bond donors (Lipinski definition) is 0. The van der Waals surface area contributed by atoms with Crippen molar-refractivity contribution in [3.8, 4) is 0 Å². The molecule has 0 saturated heterocycles. The molecule has 0 N–H and O–H groups in total. The Labute approximate surface area is 169 Å². The minimum absolute atomic E-state index is 0.452. The maximum absolute atomic E-state index is 5.68. The van der Waals surface area contributed by atoms with E-state index in [1.165, 1.54) is 96.3 Å². The fourth-order valence-electron chi connectivity index (χ4n) is 2.97. The van der Waals surface area contributed by atoms with E-state index >= 15 is 0 Å². The van der Waals surface area contributed by atoms with Crippen LogP contribution in [-0.2, 0) is 9.47 Å². The van der Waals surface area contributed by atoms with E-state index in [4.69, 9.17) is 21.1 Å². The average Bonchev–Trinajstić information content (AvgIpc) is 2.66. The van der Waals surface area contributed by atoms with Gasteiger partial charge in [0.25, 0.3) is 0 Å². The molecule has 0 bridgehead atoms. The molecule has 156 valence electrons. The first kappa shape index (κ1) is 26.0. The number of rotatable bonds is 22. The van der Waals surface area contributed by atoms with Gasteiger partial charge in [0.1, 0.15) is 6.79 Å². The zero-order chi connectivity index (χ0) is 19.0. The van der Waals surface area contributed by atoms with Gasteiger partial charge in [0, 0.05) is 12.5 Å². The molecule has 0 unspecified atom stereocenters. The number of halogens is 1. The summed E-state index contributed by atoms with van der Waals surface area (Å²) >= 11 is 5.68. The maximum Gasteiger partial charge on any atom is 0.146 e. The predicted molar refractivity (Wildman–Crippen MR) is 116 cm³/mol. The third-order valence-corrected chi connectivity index (χ3v) is 4.93. The highest BCUT2D eigenvalue weighted by Gasteiger charge is 1.93. The van der Waals surface area contributed by atoms with Crippen LogP contribution in [0.1, 0.15) is 110 Å². The number of hydrogen-bond acceptors (Lipinski definition) is 2. The molecule has 0 aliphatic heterocycles. The Kier molecular flexibility index (Phi) is 24.9. The summed E-state index contributed by atoms with van der Waals surface area (Å²) in [4.78, 5) is 0. The summed E-state index contributed by atoms with van der Waals surface area (Å²) in [5, 5.41) is 0. The number of unbranched alkanes of at least 4 members (excludes halogenated alkanes) is 13. The van der Waals surface area contributed by atoms with Crippen LogP contribution >= 0.6 is 11.6 Å². The van der Waals surface area contributed by atoms with E-state index in [0.717, 1.165) is 25.5 Å². The van der Waals surface area contributed by atoms with Gasteiger partial charge in [-0.25, -0.2) is 0 Å². The van der Waals surface area contributed by atoms with Gasteiger partial charge in [0.2, 0.25) is 0 Å². The van der Waals surface area contributed by atoms with Crippen molar-refractivity contribution >= 4 is 11.6 Å². The molecule has 0 radical (unpaired) electrons. The lowest BCUT2D eigenvalue weighted by molar-refractivity contribution is -0.0531. The van der Waals surface area contributed by atoms with E-state index in [2.05, 4.69) is 19.1 Å². The van der Waals surface area contributed by atoms with Crippen molar-refractivity contribution < 1.29 is 9.47 Å². The Morgan fingerprint density at radius 1 is 0.577 bits per heavy atom. The van der Waals surface area contributed by atoms with Gasteiger partial charge in [-0.3, -0.25) is 0 Å². The molecule has 2 nitrogen and oxygen atoms in total. The minimum atomic E-state index is 0.452. The van der Waals surface area contributed by atoms with Crippen LogP contribution in [-0.4, -0.2) is 25.9 Å². The van der Waals surface area contributed by atoms with Gasteiger partial charge < -0.3 is 9.47 Å². The molecule has 0 spiro atoms. The summed E-state index contributed by atoms with van der Waals surface area (Å²) in [6.45, 7) is 4.32. The summed E-state index contributed by atoms with van der Waals surface area (Å²) in [5.41, 5.74) is 0. The first-order valence-corrected chi connectivity index (χ1v) is 11.8. The molecule has 0 aliphatic carbocycles.